The van der Waals surface area contributed by atoms with E-state index in [0.717, 1.165) is 9.13 Å². The zero-order valence-corrected chi connectivity index (χ0v) is 14.1. The Kier molecular flexibility index (Phi) is 6.02. The molecule has 21 heavy (non-hydrogen) atoms. The van der Waals surface area contributed by atoms with E-state index in [2.05, 4.69) is 27.9 Å². The van der Waals surface area contributed by atoms with E-state index in [1.807, 2.05) is 24.3 Å². The second-order valence-electron chi connectivity index (χ2n) is 4.68. The molecule has 5 heteroatoms. The van der Waals surface area contributed by atoms with Crippen molar-refractivity contribution in [1.82, 2.24) is 5.32 Å². The van der Waals surface area contributed by atoms with Gasteiger partial charge in [0.05, 0.1) is 12.5 Å². The van der Waals surface area contributed by atoms with Gasteiger partial charge in [-0.15, -0.1) is 0 Å². The Bertz CT molecular complexity index is 616. The molecule has 110 valence electrons. The smallest absolute Gasteiger partial charge is 0.224 e. The first-order valence-electron chi connectivity index (χ1n) is 6.49. The summed E-state index contributed by atoms with van der Waals surface area (Å²) in [6, 6.07) is 14.8. The van der Waals surface area contributed by atoms with Crippen molar-refractivity contribution in [3.05, 3.63) is 68.3 Å². The maximum Gasteiger partial charge on any atom is 0.224 e. The first-order valence-corrected chi connectivity index (χ1v) is 7.95. The highest BCUT2D eigenvalue weighted by Gasteiger charge is 2.10. The van der Waals surface area contributed by atoms with E-state index in [4.69, 9.17) is 11.6 Å². The number of benzene rings is 2. The normalized spacial score (nSPS) is 12.0. The minimum absolute atomic E-state index is 0.114. The van der Waals surface area contributed by atoms with Gasteiger partial charge in [0.15, 0.2) is 0 Å². The third kappa shape index (κ3) is 5.30. The lowest BCUT2D eigenvalue weighted by Crippen LogP contribution is -2.29. The molecule has 2 rings (SSSR count). The molecule has 0 fully saturated rings. The Balaban J connectivity index is 1.84. The van der Waals surface area contributed by atoms with Crippen LogP contribution in [0.4, 0.5) is 0 Å². The fourth-order valence-corrected chi connectivity index (χ4v) is 2.45. The molecular weight excluding hydrogens is 401 g/mol. The molecule has 0 bridgehead atoms. The van der Waals surface area contributed by atoms with Gasteiger partial charge >= 0.3 is 0 Å². The number of halogens is 2. The van der Waals surface area contributed by atoms with Crippen LogP contribution in [0, 0.1) is 3.57 Å². The summed E-state index contributed by atoms with van der Waals surface area (Å²) in [6.45, 7) is 0.170. The third-order valence-corrected chi connectivity index (χ3v) is 3.96. The molecule has 0 radical (unpaired) electrons. The van der Waals surface area contributed by atoms with Gasteiger partial charge in [-0.05, 0) is 58.0 Å². The van der Waals surface area contributed by atoms with Gasteiger partial charge < -0.3 is 10.4 Å². The summed E-state index contributed by atoms with van der Waals surface area (Å²) in [7, 11) is 0. The summed E-state index contributed by atoms with van der Waals surface area (Å²) in [5.41, 5.74) is 1.64. The minimum Gasteiger partial charge on any atom is -0.387 e. The van der Waals surface area contributed by atoms with E-state index in [0.29, 0.717) is 17.0 Å². The van der Waals surface area contributed by atoms with Crippen LogP contribution in [-0.2, 0) is 11.2 Å². The van der Waals surface area contributed by atoms with Crippen molar-refractivity contribution in [2.24, 2.45) is 0 Å². The molecule has 0 saturated heterocycles. The Hall–Kier alpha value is -1.11. The van der Waals surface area contributed by atoms with Crippen LogP contribution in [0.1, 0.15) is 17.2 Å². The number of carbonyl (C=O) groups is 1. The summed E-state index contributed by atoms with van der Waals surface area (Å²) in [6.07, 6.45) is -0.455. The quantitative estimate of drug-likeness (QED) is 0.736. The van der Waals surface area contributed by atoms with Crippen molar-refractivity contribution in [1.29, 1.82) is 0 Å². The Morgan fingerprint density at radius 2 is 1.95 bits per heavy atom. The van der Waals surface area contributed by atoms with Crippen molar-refractivity contribution in [2.45, 2.75) is 12.5 Å². The number of hydrogen-bond donors (Lipinski definition) is 2. The minimum atomic E-state index is -0.760. The van der Waals surface area contributed by atoms with Gasteiger partial charge in [0.25, 0.3) is 0 Å². The van der Waals surface area contributed by atoms with Crippen LogP contribution >= 0.6 is 34.2 Å². The van der Waals surface area contributed by atoms with Gasteiger partial charge in [-0.2, -0.15) is 0 Å². The average Bonchev–Trinajstić information content (AvgIpc) is 2.47. The largest absolute Gasteiger partial charge is 0.387 e. The van der Waals surface area contributed by atoms with Crippen molar-refractivity contribution in [3.63, 3.8) is 0 Å². The number of nitrogens with one attached hydrogen (secondary N) is 1. The van der Waals surface area contributed by atoms with Crippen LogP contribution in [0.25, 0.3) is 0 Å². The summed E-state index contributed by atoms with van der Waals surface area (Å²) >= 11 is 8.09. The van der Waals surface area contributed by atoms with E-state index < -0.39 is 6.10 Å². The molecule has 2 aromatic carbocycles. The molecule has 0 spiro atoms. The number of amides is 1. The SMILES string of the molecule is O=C(Cc1ccc(I)cc1)NCC(O)c1cccc(Cl)c1. The molecule has 2 N–H and O–H groups in total. The van der Waals surface area contributed by atoms with Crippen LogP contribution in [0.2, 0.25) is 5.02 Å². The maximum absolute atomic E-state index is 11.8. The van der Waals surface area contributed by atoms with Gasteiger partial charge in [-0.3, -0.25) is 4.79 Å². The molecule has 1 atom stereocenters. The highest BCUT2D eigenvalue weighted by molar-refractivity contribution is 14.1. The molecule has 0 heterocycles. The monoisotopic (exact) mass is 415 g/mol. The molecule has 2 aromatic rings. The van der Waals surface area contributed by atoms with Gasteiger partial charge in [0.2, 0.25) is 5.91 Å². The number of aliphatic hydroxyl groups excluding tert-OH is 1. The predicted octanol–water partition coefficient (Wildman–Crippen LogP) is 3.34. The van der Waals surface area contributed by atoms with Gasteiger partial charge in [-0.1, -0.05) is 35.9 Å². The van der Waals surface area contributed by atoms with Crippen LogP contribution in [0.5, 0.6) is 0 Å². The van der Waals surface area contributed by atoms with Crippen molar-refractivity contribution in [2.75, 3.05) is 6.54 Å². The topological polar surface area (TPSA) is 49.3 Å². The Labute approximate surface area is 142 Å². The fourth-order valence-electron chi connectivity index (χ4n) is 1.89. The van der Waals surface area contributed by atoms with E-state index >= 15 is 0 Å². The molecule has 1 amide bonds. The second-order valence-corrected chi connectivity index (χ2v) is 6.36. The zero-order valence-electron chi connectivity index (χ0n) is 11.2. The highest BCUT2D eigenvalue weighted by Crippen LogP contribution is 2.17. The Morgan fingerprint density at radius 3 is 2.62 bits per heavy atom. The molecule has 1 unspecified atom stereocenters. The number of hydrogen-bond acceptors (Lipinski definition) is 2. The lowest BCUT2D eigenvalue weighted by Gasteiger charge is -2.12. The molecule has 0 aromatic heterocycles. The van der Waals surface area contributed by atoms with E-state index in [1.165, 1.54) is 0 Å². The average molecular weight is 416 g/mol. The van der Waals surface area contributed by atoms with Crippen LogP contribution < -0.4 is 5.32 Å². The zero-order chi connectivity index (χ0) is 15.2. The lowest BCUT2D eigenvalue weighted by molar-refractivity contribution is -0.120. The van der Waals surface area contributed by atoms with Crippen LogP contribution in [-0.4, -0.2) is 17.6 Å². The van der Waals surface area contributed by atoms with E-state index in [-0.39, 0.29) is 12.5 Å². The van der Waals surface area contributed by atoms with Crippen LogP contribution in [0.3, 0.4) is 0 Å². The van der Waals surface area contributed by atoms with Crippen molar-refractivity contribution >= 4 is 40.1 Å². The summed E-state index contributed by atoms with van der Waals surface area (Å²) in [5, 5.41) is 13.3. The second kappa shape index (κ2) is 7.77. The lowest BCUT2D eigenvalue weighted by atomic mass is 10.1. The predicted molar refractivity (Wildman–Crippen MR) is 92.3 cm³/mol. The first kappa shape index (κ1) is 16.3. The number of rotatable bonds is 5. The number of carbonyl (C=O) groups excluding carboxylic acids is 1. The van der Waals surface area contributed by atoms with Gasteiger partial charge in [-0.25, -0.2) is 0 Å². The Morgan fingerprint density at radius 1 is 1.24 bits per heavy atom. The summed E-state index contributed by atoms with van der Waals surface area (Å²) in [5.74, 6) is -0.114. The molecule has 0 aliphatic heterocycles. The first-order chi connectivity index (χ1) is 10.0. The van der Waals surface area contributed by atoms with Gasteiger partial charge in [0, 0.05) is 15.1 Å². The standard InChI is InChI=1S/C16H15ClINO2/c17-13-3-1-2-12(9-13)15(20)10-19-16(21)8-11-4-6-14(18)7-5-11/h1-7,9,15,20H,8,10H2,(H,19,21). The van der Waals surface area contributed by atoms with Gasteiger partial charge in [0.1, 0.15) is 0 Å². The molecule has 0 aliphatic rings. The molecule has 0 aliphatic carbocycles. The highest BCUT2D eigenvalue weighted by atomic mass is 127. The van der Waals surface area contributed by atoms with E-state index in [9.17, 15) is 9.90 Å². The van der Waals surface area contributed by atoms with Crippen molar-refractivity contribution < 1.29 is 9.90 Å². The molecular formula is C16H15ClINO2. The fraction of sp³-hybridized carbons (Fsp3) is 0.188. The van der Waals surface area contributed by atoms with E-state index in [1.54, 1.807) is 24.3 Å². The third-order valence-electron chi connectivity index (χ3n) is 3.00. The molecule has 3 nitrogen and oxygen atoms in total. The maximum atomic E-state index is 11.8. The summed E-state index contributed by atoms with van der Waals surface area (Å²) < 4.78 is 1.13. The number of aliphatic hydroxyl groups is 1. The van der Waals surface area contributed by atoms with Crippen molar-refractivity contribution in [3.8, 4) is 0 Å². The molecule has 0 saturated carbocycles. The summed E-state index contributed by atoms with van der Waals surface area (Å²) in [4.78, 5) is 11.8. The van der Waals surface area contributed by atoms with Crippen LogP contribution in [0.15, 0.2) is 48.5 Å².